The molecular formula is C24H52N2O6P+. The molecule has 3 atom stereocenters. The Balaban J connectivity index is 4.08. The summed E-state index contributed by atoms with van der Waals surface area (Å²) in [5, 5.41) is 13.1. The number of likely N-dealkylation sites (N-methyl/N-ethyl adjacent to an activating group) is 1. The van der Waals surface area contributed by atoms with Crippen molar-refractivity contribution >= 4 is 13.7 Å². The monoisotopic (exact) mass is 495 g/mol. The van der Waals surface area contributed by atoms with Crippen molar-refractivity contribution in [2.24, 2.45) is 0 Å². The molecule has 0 bridgehead atoms. The highest BCUT2D eigenvalue weighted by molar-refractivity contribution is 7.47. The third-order valence-electron chi connectivity index (χ3n) is 5.64. The number of nitrogens with one attached hydrogen (secondary N) is 1. The van der Waals surface area contributed by atoms with E-state index < -0.39 is 20.0 Å². The Labute approximate surface area is 202 Å². The lowest BCUT2D eigenvalue weighted by molar-refractivity contribution is -0.870. The van der Waals surface area contributed by atoms with Gasteiger partial charge in [-0.25, -0.2) is 4.57 Å². The zero-order chi connectivity index (χ0) is 25.2. The number of carbonyl (C=O) groups excluding carboxylic acids is 1. The van der Waals surface area contributed by atoms with Gasteiger partial charge in [0.2, 0.25) is 5.91 Å². The highest BCUT2D eigenvalue weighted by Crippen LogP contribution is 2.43. The summed E-state index contributed by atoms with van der Waals surface area (Å²) in [6, 6.07) is -0.752. The molecule has 0 aliphatic rings. The van der Waals surface area contributed by atoms with Crippen LogP contribution in [0.5, 0.6) is 0 Å². The van der Waals surface area contributed by atoms with Crippen LogP contribution in [0.4, 0.5) is 0 Å². The van der Waals surface area contributed by atoms with Crippen LogP contribution in [0.15, 0.2) is 0 Å². The Morgan fingerprint density at radius 2 is 1.39 bits per heavy atom. The molecule has 0 heterocycles. The number of aliphatic hydroxyl groups is 1. The third kappa shape index (κ3) is 21.8. The van der Waals surface area contributed by atoms with E-state index in [0.29, 0.717) is 17.4 Å². The number of phosphoric ester groups is 1. The van der Waals surface area contributed by atoms with Gasteiger partial charge in [0, 0.05) is 6.92 Å². The first-order valence-electron chi connectivity index (χ1n) is 12.8. The third-order valence-corrected chi connectivity index (χ3v) is 6.62. The molecule has 33 heavy (non-hydrogen) atoms. The molecule has 0 radical (unpaired) electrons. The van der Waals surface area contributed by atoms with Gasteiger partial charge < -0.3 is 19.8 Å². The van der Waals surface area contributed by atoms with E-state index in [0.717, 1.165) is 19.3 Å². The molecule has 0 aromatic heterocycles. The Bertz CT molecular complexity index is 542. The molecule has 0 aliphatic carbocycles. The van der Waals surface area contributed by atoms with Crippen LogP contribution in [-0.2, 0) is 18.4 Å². The largest absolute Gasteiger partial charge is 0.472 e. The number of unbranched alkanes of at least 4 members (excludes halogenated alkanes) is 11. The molecule has 0 saturated carbocycles. The first-order chi connectivity index (χ1) is 15.5. The fourth-order valence-corrected chi connectivity index (χ4v) is 4.28. The molecule has 9 heteroatoms. The Morgan fingerprint density at radius 1 is 0.909 bits per heavy atom. The quantitative estimate of drug-likeness (QED) is 0.113. The van der Waals surface area contributed by atoms with Crippen LogP contribution in [0.1, 0.15) is 97.3 Å². The van der Waals surface area contributed by atoms with Gasteiger partial charge in [0.05, 0.1) is 39.9 Å². The van der Waals surface area contributed by atoms with E-state index >= 15 is 0 Å². The maximum absolute atomic E-state index is 12.1. The van der Waals surface area contributed by atoms with Crippen LogP contribution in [0.25, 0.3) is 0 Å². The number of aliphatic hydroxyl groups excluding tert-OH is 1. The van der Waals surface area contributed by atoms with Gasteiger partial charge in [-0.15, -0.1) is 0 Å². The van der Waals surface area contributed by atoms with Crippen molar-refractivity contribution in [3.8, 4) is 0 Å². The van der Waals surface area contributed by atoms with Gasteiger partial charge in [-0.1, -0.05) is 84.0 Å². The standard InChI is InChI=1S/C24H51N2O6P/c1-6-7-8-9-10-11-12-13-14-15-16-17-18-24(28)23(25-22(2)27)21-32-33(29,30)31-20-19-26(3,4)5/h23-24,28H,6-21H2,1-5H3,(H-,25,27,29,30)/p+1. The van der Waals surface area contributed by atoms with Crippen molar-refractivity contribution in [2.45, 2.75) is 109 Å². The molecule has 0 aromatic rings. The maximum Gasteiger partial charge on any atom is 0.472 e. The summed E-state index contributed by atoms with van der Waals surface area (Å²) < 4.78 is 22.7. The van der Waals surface area contributed by atoms with E-state index in [2.05, 4.69) is 12.2 Å². The van der Waals surface area contributed by atoms with Crippen molar-refractivity contribution < 1.29 is 32.9 Å². The number of phosphoric acid groups is 1. The molecule has 0 saturated heterocycles. The van der Waals surface area contributed by atoms with Gasteiger partial charge in [0.25, 0.3) is 0 Å². The summed E-state index contributed by atoms with van der Waals surface area (Å²) in [6.45, 7) is 3.93. The highest BCUT2D eigenvalue weighted by atomic mass is 31.2. The molecule has 0 spiro atoms. The van der Waals surface area contributed by atoms with Crippen molar-refractivity contribution in [1.82, 2.24) is 5.32 Å². The number of amides is 1. The van der Waals surface area contributed by atoms with Crippen molar-refractivity contribution in [2.75, 3.05) is 40.9 Å². The summed E-state index contributed by atoms with van der Waals surface area (Å²) in [6.07, 6.45) is 14.5. The molecular weight excluding hydrogens is 443 g/mol. The van der Waals surface area contributed by atoms with E-state index in [1.165, 1.54) is 64.7 Å². The molecule has 0 aromatic carbocycles. The minimum Gasteiger partial charge on any atom is -0.391 e. The molecule has 3 unspecified atom stereocenters. The fraction of sp³-hybridized carbons (Fsp3) is 0.958. The van der Waals surface area contributed by atoms with Crippen molar-refractivity contribution in [1.29, 1.82) is 0 Å². The van der Waals surface area contributed by atoms with Gasteiger partial charge >= 0.3 is 7.82 Å². The molecule has 0 rings (SSSR count). The second-order valence-corrected chi connectivity index (χ2v) is 11.6. The lowest BCUT2D eigenvalue weighted by Crippen LogP contribution is -2.45. The first kappa shape index (κ1) is 32.5. The number of hydrogen-bond acceptors (Lipinski definition) is 5. The van der Waals surface area contributed by atoms with Gasteiger partial charge in [0.1, 0.15) is 13.2 Å². The van der Waals surface area contributed by atoms with E-state index in [-0.39, 0.29) is 19.1 Å². The molecule has 3 N–H and O–H groups in total. The Hall–Kier alpha value is -0.500. The average Bonchev–Trinajstić information content (AvgIpc) is 2.70. The Kier molecular flexibility index (Phi) is 18.5. The summed E-state index contributed by atoms with van der Waals surface area (Å²) in [7, 11) is 1.60. The predicted octanol–water partition coefficient (Wildman–Crippen LogP) is 4.78. The minimum atomic E-state index is -4.25. The van der Waals surface area contributed by atoms with E-state index in [9.17, 15) is 19.4 Å². The summed E-state index contributed by atoms with van der Waals surface area (Å²) in [5.74, 6) is -0.323. The highest BCUT2D eigenvalue weighted by Gasteiger charge is 2.27. The molecule has 8 nitrogen and oxygen atoms in total. The number of rotatable bonds is 22. The predicted molar refractivity (Wildman–Crippen MR) is 134 cm³/mol. The van der Waals surface area contributed by atoms with Crippen LogP contribution in [-0.4, -0.2) is 73.4 Å². The summed E-state index contributed by atoms with van der Waals surface area (Å²) in [5.41, 5.74) is 0. The van der Waals surface area contributed by atoms with Gasteiger partial charge in [-0.2, -0.15) is 0 Å². The Morgan fingerprint density at radius 3 is 1.85 bits per heavy atom. The topological polar surface area (TPSA) is 105 Å². The van der Waals surface area contributed by atoms with Crippen LogP contribution < -0.4 is 5.32 Å². The lowest BCUT2D eigenvalue weighted by atomic mass is 10.0. The van der Waals surface area contributed by atoms with Crippen molar-refractivity contribution in [3.63, 3.8) is 0 Å². The number of carbonyl (C=O) groups is 1. The van der Waals surface area contributed by atoms with Gasteiger partial charge in [-0.05, 0) is 6.42 Å². The van der Waals surface area contributed by atoms with Crippen LogP contribution in [0.3, 0.4) is 0 Å². The van der Waals surface area contributed by atoms with Crippen molar-refractivity contribution in [3.05, 3.63) is 0 Å². The van der Waals surface area contributed by atoms with Crippen LogP contribution in [0.2, 0.25) is 0 Å². The maximum atomic E-state index is 12.1. The zero-order valence-electron chi connectivity index (χ0n) is 21.9. The van der Waals surface area contributed by atoms with E-state index in [1.807, 2.05) is 21.1 Å². The summed E-state index contributed by atoms with van der Waals surface area (Å²) in [4.78, 5) is 21.4. The van der Waals surface area contributed by atoms with Crippen LogP contribution in [0, 0.1) is 0 Å². The zero-order valence-corrected chi connectivity index (χ0v) is 22.8. The molecule has 0 fully saturated rings. The molecule has 198 valence electrons. The number of hydrogen-bond donors (Lipinski definition) is 3. The smallest absolute Gasteiger partial charge is 0.391 e. The minimum absolute atomic E-state index is 0.0729. The number of nitrogens with zero attached hydrogens (tertiary/aromatic N) is 1. The second kappa shape index (κ2) is 18.8. The van der Waals surface area contributed by atoms with Gasteiger partial charge in [-0.3, -0.25) is 13.8 Å². The first-order valence-corrected chi connectivity index (χ1v) is 14.3. The lowest BCUT2D eigenvalue weighted by Gasteiger charge is -2.26. The molecule has 1 amide bonds. The number of quaternary nitrogens is 1. The van der Waals surface area contributed by atoms with Crippen LogP contribution >= 0.6 is 7.82 Å². The molecule has 0 aliphatic heterocycles. The average molecular weight is 496 g/mol. The SMILES string of the molecule is CCCCCCCCCCCCCCC(O)C(COP(=O)(O)OCC[N+](C)(C)C)NC(C)=O. The van der Waals surface area contributed by atoms with Gasteiger partial charge in [0.15, 0.2) is 0 Å². The van der Waals surface area contributed by atoms with E-state index in [1.54, 1.807) is 0 Å². The van der Waals surface area contributed by atoms with E-state index in [4.69, 9.17) is 9.05 Å². The second-order valence-electron chi connectivity index (χ2n) is 10.2. The summed E-state index contributed by atoms with van der Waals surface area (Å²) >= 11 is 0. The normalized spacial score (nSPS) is 15.7. The fourth-order valence-electron chi connectivity index (χ4n) is 3.55.